The van der Waals surface area contributed by atoms with Crippen molar-refractivity contribution in [3.05, 3.63) is 34.6 Å². The van der Waals surface area contributed by atoms with Crippen molar-refractivity contribution in [3.8, 4) is 0 Å². The van der Waals surface area contributed by atoms with Gasteiger partial charge < -0.3 is 10.6 Å². The predicted octanol–water partition coefficient (Wildman–Crippen LogP) is 1.78. The van der Waals surface area contributed by atoms with E-state index >= 15 is 0 Å². The summed E-state index contributed by atoms with van der Waals surface area (Å²) in [5.41, 5.74) is 6.14. The maximum Gasteiger partial charge on any atom is 0.239 e. The summed E-state index contributed by atoms with van der Waals surface area (Å²) in [7, 11) is 1.62. The number of carbonyl (C=O) groups excluding carboxylic acids is 1. The monoisotopic (exact) mass is 244 g/mol. The number of hydrogen-bond donors (Lipinski definition) is 1. The molecule has 1 aromatic carbocycles. The van der Waals surface area contributed by atoms with Crippen LogP contribution in [-0.2, 0) is 11.3 Å². The van der Waals surface area contributed by atoms with Gasteiger partial charge in [0.2, 0.25) is 5.91 Å². The zero-order valence-corrected chi connectivity index (χ0v) is 9.96. The lowest BCUT2D eigenvalue weighted by Gasteiger charge is -2.19. The summed E-state index contributed by atoms with van der Waals surface area (Å²) in [4.78, 5) is 12.9. The molecule has 1 aromatic rings. The highest BCUT2D eigenvalue weighted by molar-refractivity contribution is 6.30. The summed E-state index contributed by atoms with van der Waals surface area (Å²) in [6, 6.07) is 3.90. The molecule has 16 heavy (non-hydrogen) atoms. The number of carbonyl (C=O) groups is 1. The van der Waals surface area contributed by atoms with E-state index in [0.717, 1.165) is 0 Å². The van der Waals surface area contributed by atoms with Crippen molar-refractivity contribution >= 4 is 17.5 Å². The summed E-state index contributed by atoms with van der Waals surface area (Å²) in [5.74, 6) is -0.670. The van der Waals surface area contributed by atoms with Crippen molar-refractivity contribution in [2.45, 2.75) is 19.5 Å². The Balaban J connectivity index is 2.73. The van der Waals surface area contributed by atoms with Gasteiger partial charge in [-0.25, -0.2) is 4.39 Å². The number of nitrogens with two attached hydrogens (primary N) is 1. The van der Waals surface area contributed by atoms with Crippen LogP contribution in [0.25, 0.3) is 0 Å². The van der Waals surface area contributed by atoms with E-state index < -0.39 is 11.9 Å². The van der Waals surface area contributed by atoms with Gasteiger partial charge >= 0.3 is 0 Å². The van der Waals surface area contributed by atoms with Gasteiger partial charge in [0.15, 0.2) is 0 Å². The molecule has 3 nitrogen and oxygen atoms in total. The number of likely N-dealkylation sites (N-methyl/N-ethyl adjacent to an activating group) is 1. The van der Waals surface area contributed by atoms with Crippen LogP contribution in [0, 0.1) is 5.82 Å². The molecule has 88 valence electrons. The van der Waals surface area contributed by atoms with Gasteiger partial charge in [0, 0.05) is 13.6 Å². The molecule has 0 saturated heterocycles. The highest BCUT2D eigenvalue weighted by Gasteiger charge is 2.13. The normalized spacial score (nSPS) is 12.3. The summed E-state index contributed by atoms with van der Waals surface area (Å²) in [6.45, 7) is 1.93. The molecule has 0 aliphatic heterocycles. The Hall–Kier alpha value is -1.13. The molecule has 1 atom stereocenters. The number of benzene rings is 1. The number of amides is 1. The molecule has 2 N–H and O–H groups in total. The van der Waals surface area contributed by atoms with Crippen LogP contribution in [0.4, 0.5) is 4.39 Å². The molecule has 1 unspecified atom stereocenters. The van der Waals surface area contributed by atoms with E-state index in [1.807, 2.05) is 0 Å². The Labute approximate surface area is 99.0 Å². The van der Waals surface area contributed by atoms with Crippen molar-refractivity contribution in [2.75, 3.05) is 7.05 Å². The zero-order valence-electron chi connectivity index (χ0n) is 9.21. The first kappa shape index (κ1) is 12.9. The minimum atomic E-state index is -0.554. The van der Waals surface area contributed by atoms with Gasteiger partial charge in [0.1, 0.15) is 5.82 Å². The highest BCUT2D eigenvalue weighted by Crippen LogP contribution is 2.16. The molecule has 0 bridgehead atoms. The third kappa shape index (κ3) is 3.18. The van der Waals surface area contributed by atoms with Crippen LogP contribution in [0.3, 0.4) is 0 Å². The molecule has 0 heterocycles. The molecule has 0 spiro atoms. The lowest BCUT2D eigenvalue weighted by molar-refractivity contribution is -0.131. The summed E-state index contributed by atoms with van der Waals surface area (Å²) in [5, 5.41) is 0.0740. The summed E-state index contributed by atoms with van der Waals surface area (Å²) in [6.07, 6.45) is 0. The topological polar surface area (TPSA) is 46.3 Å². The SMILES string of the molecule is CC(N)C(=O)N(C)Cc1ccc(Cl)c(F)c1. The van der Waals surface area contributed by atoms with Gasteiger partial charge in [-0.15, -0.1) is 0 Å². The molecule has 0 fully saturated rings. The second kappa shape index (κ2) is 5.27. The van der Waals surface area contributed by atoms with E-state index in [4.69, 9.17) is 17.3 Å². The maximum absolute atomic E-state index is 13.1. The first-order valence-corrected chi connectivity index (χ1v) is 5.24. The van der Waals surface area contributed by atoms with Gasteiger partial charge in [-0.2, -0.15) is 0 Å². The Morgan fingerprint density at radius 3 is 2.75 bits per heavy atom. The quantitative estimate of drug-likeness (QED) is 0.881. The maximum atomic E-state index is 13.1. The third-order valence-corrected chi connectivity index (χ3v) is 2.48. The lowest BCUT2D eigenvalue weighted by Crippen LogP contribution is -2.39. The number of rotatable bonds is 3. The molecular weight excluding hydrogens is 231 g/mol. The molecule has 0 aliphatic carbocycles. The fourth-order valence-electron chi connectivity index (χ4n) is 1.34. The Kier molecular flexibility index (Phi) is 4.26. The van der Waals surface area contributed by atoms with Crippen LogP contribution in [0.1, 0.15) is 12.5 Å². The summed E-state index contributed by atoms with van der Waals surface area (Å²) >= 11 is 5.55. The van der Waals surface area contributed by atoms with Gasteiger partial charge in [-0.1, -0.05) is 17.7 Å². The minimum Gasteiger partial charge on any atom is -0.340 e. The Morgan fingerprint density at radius 2 is 2.25 bits per heavy atom. The van der Waals surface area contributed by atoms with Crippen LogP contribution >= 0.6 is 11.6 Å². The molecular formula is C11H14ClFN2O. The molecule has 0 radical (unpaired) electrons. The van der Waals surface area contributed by atoms with Crippen molar-refractivity contribution < 1.29 is 9.18 Å². The van der Waals surface area contributed by atoms with Gasteiger partial charge in [0.25, 0.3) is 0 Å². The first-order valence-electron chi connectivity index (χ1n) is 4.86. The molecule has 1 rings (SSSR count). The van der Waals surface area contributed by atoms with Crippen LogP contribution in [0.15, 0.2) is 18.2 Å². The molecule has 5 heteroatoms. The standard InChI is InChI=1S/C11H14ClFN2O/c1-7(14)11(16)15(2)6-8-3-4-9(12)10(13)5-8/h3-5,7H,6,14H2,1-2H3. The van der Waals surface area contributed by atoms with Gasteiger partial charge in [0.05, 0.1) is 11.1 Å². The van der Waals surface area contributed by atoms with Crippen molar-refractivity contribution in [2.24, 2.45) is 5.73 Å². The van der Waals surface area contributed by atoms with Crippen molar-refractivity contribution in [3.63, 3.8) is 0 Å². The second-order valence-electron chi connectivity index (χ2n) is 3.73. The smallest absolute Gasteiger partial charge is 0.239 e. The fraction of sp³-hybridized carbons (Fsp3) is 0.364. The average molecular weight is 245 g/mol. The number of halogens is 2. The van der Waals surface area contributed by atoms with E-state index in [9.17, 15) is 9.18 Å². The Bertz CT molecular complexity index is 396. The van der Waals surface area contributed by atoms with Crippen LogP contribution < -0.4 is 5.73 Å². The fourth-order valence-corrected chi connectivity index (χ4v) is 1.45. The lowest BCUT2D eigenvalue weighted by atomic mass is 10.2. The molecule has 0 aliphatic rings. The number of hydrogen-bond acceptors (Lipinski definition) is 2. The van der Waals surface area contributed by atoms with Crippen molar-refractivity contribution in [1.82, 2.24) is 4.90 Å². The average Bonchev–Trinajstić information content (AvgIpc) is 2.22. The minimum absolute atomic E-state index is 0.0740. The van der Waals surface area contributed by atoms with Gasteiger partial charge in [-0.3, -0.25) is 4.79 Å². The van der Waals surface area contributed by atoms with E-state index in [1.54, 1.807) is 20.0 Å². The van der Waals surface area contributed by atoms with Crippen molar-refractivity contribution in [1.29, 1.82) is 0 Å². The van der Waals surface area contributed by atoms with E-state index in [0.29, 0.717) is 12.1 Å². The Morgan fingerprint density at radius 1 is 1.62 bits per heavy atom. The second-order valence-corrected chi connectivity index (χ2v) is 4.14. The first-order chi connectivity index (χ1) is 7.41. The molecule has 0 saturated carbocycles. The van der Waals surface area contributed by atoms with Crippen LogP contribution in [-0.4, -0.2) is 23.9 Å². The zero-order chi connectivity index (χ0) is 12.3. The van der Waals surface area contributed by atoms with E-state index in [2.05, 4.69) is 0 Å². The third-order valence-electron chi connectivity index (χ3n) is 2.17. The predicted molar refractivity (Wildman–Crippen MR) is 61.5 cm³/mol. The summed E-state index contributed by atoms with van der Waals surface area (Å²) < 4.78 is 13.1. The molecule has 0 aromatic heterocycles. The van der Waals surface area contributed by atoms with Crippen LogP contribution in [0.2, 0.25) is 5.02 Å². The van der Waals surface area contributed by atoms with E-state index in [1.165, 1.54) is 17.0 Å². The van der Waals surface area contributed by atoms with Crippen LogP contribution in [0.5, 0.6) is 0 Å². The largest absolute Gasteiger partial charge is 0.340 e. The highest BCUT2D eigenvalue weighted by atomic mass is 35.5. The number of nitrogens with zero attached hydrogens (tertiary/aromatic N) is 1. The van der Waals surface area contributed by atoms with E-state index in [-0.39, 0.29) is 10.9 Å². The van der Waals surface area contributed by atoms with Gasteiger partial charge in [-0.05, 0) is 24.6 Å². The molecule has 1 amide bonds.